The molecule has 3 rings (SSSR count). The molecule has 0 unspecified atom stereocenters. The predicted molar refractivity (Wildman–Crippen MR) is 133 cm³/mol. The number of nitrogens with zero attached hydrogens (tertiary/aromatic N) is 2. The van der Waals surface area contributed by atoms with Gasteiger partial charge in [0.1, 0.15) is 12.7 Å². The number of methoxy groups -OCH3 is 1. The minimum atomic E-state index is 0.0762. The largest absolute Gasteiger partial charge is 0.491 e. The highest BCUT2D eigenvalue weighted by Crippen LogP contribution is 2.32. The lowest BCUT2D eigenvalue weighted by atomic mass is 10.1. The van der Waals surface area contributed by atoms with E-state index in [2.05, 4.69) is 53.1 Å². The molecule has 1 aromatic carbocycles. The Labute approximate surface area is 197 Å². The van der Waals surface area contributed by atoms with Crippen molar-refractivity contribution in [3.8, 4) is 11.5 Å². The van der Waals surface area contributed by atoms with Crippen LogP contribution in [-0.4, -0.2) is 30.5 Å². The highest BCUT2D eigenvalue weighted by Gasteiger charge is 2.24. The average molecular weight is 450 g/mol. The Balaban J connectivity index is 1.69. The molecule has 2 aromatic rings. The van der Waals surface area contributed by atoms with Gasteiger partial charge in [0.2, 0.25) is 0 Å². The molecule has 0 spiro atoms. The van der Waals surface area contributed by atoms with E-state index in [4.69, 9.17) is 14.2 Å². The Bertz CT molecular complexity index is 984. The van der Waals surface area contributed by atoms with Gasteiger partial charge >= 0.3 is 0 Å². The molecule has 1 aromatic heterocycles. The molecule has 6 heteroatoms. The quantitative estimate of drug-likeness (QED) is 0.204. The smallest absolute Gasteiger partial charge is 0.179 e. The summed E-state index contributed by atoms with van der Waals surface area (Å²) < 4.78 is 17.9. The van der Waals surface area contributed by atoms with Gasteiger partial charge in [0.05, 0.1) is 30.9 Å². The second-order valence-corrected chi connectivity index (χ2v) is 8.36. The fourth-order valence-corrected chi connectivity index (χ4v) is 3.62. The van der Waals surface area contributed by atoms with Crippen LogP contribution in [0.15, 0.2) is 65.8 Å². The molecule has 0 saturated carbocycles. The van der Waals surface area contributed by atoms with E-state index in [1.807, 2.05) is 19.9 Å². The van der Waals surface area contributed by atoms with Crippen LogP contribution in [0.3, 0.4) is 0 Å². The first-order valence-electron chi connectivity index (χ1n) is 11.5. The van der Waals surface area contributed by atoms with Crippen LogP contribution >= 0.6 is 0 Å². The number of aromatic nitrogens is 1. The van der Waals surface area contributed by atoms with Crippen LogP contribution in [0.4, 0.5) is 0 Å². The van der Waals surface area contributed by atoms with Crippen molar-refractivity contribution in [3.63, 3.8) is 0 Å². The fourth-order valence-electron chi connectivity index (χ4n) is 3.62. The van der Waals surface area contributed by atoms with Crippen LogP contribution in [0.5, 0.6) is 11.5 Å². The van der Waals surface area contributed by atoms with Crippen molar-refractivity contribution in [1.82, 2.24) is 10.3 Å². The van der Waals surface area contributed by atoms with E-state index < -0.39 is 0 Å². The maximum atomic E-state index is 6.33. The van der Waals surface area contributed by atoms with E-state index >= 15 is 0 Å². The number of hydrogen-bond donors (Lipinski definition) is 1. The highest BCUT2D eigenvalue weighted by molar-refractivity contribution is 5.79. The molecule has 33 heavy (non-hydrogen) atoms. The zero-order valence-corrected chi connectivity index (χ0v) is 20.2. The number of unbranched alkanes of at least 4 members (excludes halogenated alkanes) is 1. The number of pyridine rings is 1. The molecule has 0 fully saturated rings. The van der Waals surface area contributed by atoms with Crippen LogP contribution in [0.2, 0.25) is 0 Å². The van der Waals surface area contributed by atoms with Gasteiger partial charge in [-0.1, -0.05) is 44.2 Å². The predicted octanol–water partition coefficient (Wildman–Crippen LogP) is 5.38. The van der Waals surface area contributed by atoms with Crippen molar-refractivity contribution in [2.75, 3.05) is 13.7 Å². The lowest BCUT2D eigenvalue weighted by Gasteiger charge is -2.17. The average Bonchev–Trinajstić information content (AvgIpc) is 3.21. The van der Waals surface area contributed by atoms with E-state index in [0.717, 1.165) is 43.6 Å². The lowest BCUT2D eigenvalue weighted by Crippen LogP contribution is -2.17. The van der Waals surface area contributed by atoms with E-state index in [-0.39, 0.29) is 12.7 Å². The standard InChI is InChI=1S/C27H35N3O3/c1-6-7-12-28-20(4)26(16-29-19(2)3)32-18-23-15-25(27(31-5)17-30-23)33-24-13-21-10-8-9-11-22(21)14-24/h8-11,15-17,24,28H,4,6-7,12-14,18H2,1-3,5H3/b26-16+. The van der Waals surface area contributed by atoms with Crippen molar-refractivity contribution < 1.29 is 14.2 Å². The first-order chi connectivity index (χ1) is 16.0. The maximum Gasteiger partial charge on any atom is 0.179 e. The first-order valence-corrected chi connectivity index (χ1v) is 11.5. The normalized spacial score (nSPS) is 13.3. The Kier molecular flexibility index (Phi) is 8.93. The van der Waals surface area contributed by atoms with Gasteiger partial charge in [-0.25, -0.2) is 0 Å². The summed E-state index contributed by atoms with van der Waals surface area (Å²) in [4.78, 5) is 8.87. The number of aliphatic imine (C=N–C) groups is 1. The summed E-state index contributed by atoms with van der Waals surface area (Å²) in [7, 11) is 1.63. The van der Waals surface area contributed by atoms with Crippen LogP contribution in [0.1, 0.15) is 50.4 Å². The summed E-state index contributed by atoms with van der Waals surface area (Å²) in [6.45, 7) is 11.3. The molecule has 0 amide bonds. The Morgan fingerprint density at radius 3 is 2.58 bits per heavy atom. The maximum absolute atomic E-state index is 6.33. The monoisotopic (exact) mass is 449 g/mol. The summed E-state index contributed by atoms with van der Waals surface area (Å²) in [5.74, 6) is 1.89. The van der Waals surface area contributed by atoms with Crippen LogP contribution in [0, 0.1) is 0 Å². The SMILES string of the molecule is C=C(NCCCC)/C(=C\N=C(C)C)OCc1cc(OC2Cc3ccccc3C2)c(OC)cn1. The van der Waals surface area contributed by atoms with Crippen LogP contribution < -0.4 is 14.8 Å². The van der Waals surface area contributed by atoms with E-state index in [0.29, 0.717) is 23.0 Å². The summed E-state index contributed by atoms with van der Waals surface area (Å²) in [6, 6.07) is 10.4. The minimum absolute atomic E-state index is 0.0762. The van der Waals surface area contributed by atoms with Gasteiger partial charge in [0.25, 0.3) is 0 Å². The molecule has 6 nitrogen and oxygen atoms in total. The number of benzene rings is 1. The molecule has 0 bridgehead atoms. The summed E-state index contributed by atoms with van der Waals surface area (Å²) in [5.41, 5.74) is 5.07. The molecule has 1 aliphatic carbocycles. The van der Waals surface area contributed by atoms with Gasteiger partial charge in [-0.15, -0.1) is 0 Å². The second kappa shape index (κ2) is 12.1. The molecule has 176 valence electrons. The van der Waals surface area contributed by atoms with Crippen molar-refractivity contribution in [2.45, 2.75) is 59.2 Å². The van der Waals surface area contributed by atoms with Gasteiger partial charge in [0.15, 0.2) is 17.3 Å². The third-order valence-corrected chi connectivity index (χ3v) is 5.40. The lowest BCUT2D eigenvalue weighted by molar-refractivity contribution is 0.191. The third-order valence-electron chi connectivity index (χ3n) is 5.40. The Morgan fingerprint density at radius 1 is 1.21 bits per heavy atom. The Hall–Kier alpha value is -3.28. The zero-order chi connectivity index (χ0) is 23.6. The van der Waals surface area contributed by atoms with E-state index in [1.54, 1.807) is 19.5 Å². The highest BCUT2D eigenvalue weighted by atomic mass is 16.5. The number of rotatable bonds is 12. The molecular weight excluding hydrogens is 414 g/mol. The van der Waals surface area contributed by atoms with E-state index in [9.17, 15) is 0 Å². The van der Waals surface area contributed by atoms with E-state index in [1.165, 1.54) is 11.1 Å². The van der Waals surface area contributed by atoms with Crippen molar-refractivity contribution in [3.05, 3.63) is 77.6 Å². The molecule has 0 radical (unpaired) electrons. The Morgan fingerprint density at radius 2 is 1.94 bits per heavy atom. The summed E-state index contributed by atoms with van der Waals surface area (Å²) >= 11 is 0. The molecule has 0 saturated heterocycles. The molecule has 1 N–H and O–H groups in total. The number of fused-ring (bicyclic) bond motifs is 1. The number of nitrogens with one attached hydrogen (secondary N) is 1. The summed E-state index contributed by atoms with van der Waals surface area (Å²) in [5, 5.41) is 3.31. The fraction of sp³-hybridized carbons (Fsp3) is 0.407. The third kappa shape index (κ3) is 7.11. The van der Waals surface area contributed by atoms with Gasteiger partial charge in [0, 0.05) is 31.2 Å². The molecule has 0 aliphatic heterocycles. The van der Waals surface area contributed by atoms with Crippen LogP contribution in [0.25, 0.3) is 0 Å². The number of ether oxygens (including phenoxy) is 3. The van der Waals surface area contributed by atoms with Gasteiger partial charge in [-0.3, -0.25) is 9.98 Å². The van der Waals surface area contributed by atoms with Gasteiger partial charge in [-0.2, -0.15) is 0 Å². The zero-order valence-electron chi connectivity index (χ0n) is 20.2. The van der Waals surface area contributed by atoms with Crippen molar-refractivity contribution in [2.24, 2.45) is 4.99 Å². The molecular formula is C27H35N3O3. The minimum Gasteiger partial charge on any atom is -0.491 e. The molecule has 1 aliphatic rings. The molecule has 0 atom stereocenters. The van der Waals surface area contributed by atoms with Crippen molar-refractivity contribution in [1.29, 1.82) is 0 Å². The second-order valence-electron chi connectivity index (χ2n) is 8.36. The number of hydrogen-bond acceptors (Lipinski definition) is 6. The summed E-state index contributed by atoms with van der Waals surface area (Å²) in [6.07, 6.45) is 7.41. The van der Waals surface area contributed by atoms with Crippen molar-refractivity contribution >= 4 is 5.71 Å². The van der Waals surface area contributed by atoms with Crippen LogP contribution in [-0.2, 0) is 24.2 Å². The molecule has 1 heterocycles. The van der Waals surface area contributed by atoms with Gasteiger partial charge in [-0.05, 0) is 31.4 Å². The first kappa shape index (κ1) is 24.4. The topological polar surface area (TPSA) is 65.0 Å². The van der Waals surface area contributed by atoms with Gasteiger partial charge < -0.3 is 19.5 Å².